The molecule has 0 aromatic heterocycles. The van der Waals surface area contributed by atoms with Crippen molar-refractivity contribution in [1.29, 1.82) is 0 Å². The van der Waals surface area contributed by atoms with Crippen LogP contribution in [0, 0.1) is 5.82 Å². The minimum atomic E-state index is -0.408. The molecule has 3 nitrogen and oxygen atoms in total. The van der Waals surface area contributed by atoms with E-state index in [0.717, 1.165) is 0 Å². The summed E-state index contributed by atoms with van der Waals surface area (Å²) in [4.78, 5) is 22.1. The molecule has 4 heteroatoms. The standard InChI is InChI=1S/C12H12FNO2/c1-7(15)8-2-3-10(11(13)4-8)9-5-12(16)14-6-9/h2-4,9H,5-6H2,1H3,(H,14,16)/t9-/m0/s1. The van der Waals surface area contributed by atoms with Crippen molar-refractivity contribution in [3.63, 3.8) is 0 Å². The fraction of sp³-hybridized carbons (Fsp3) is 0.333. The molecule has 2 rings (SSSR count). The molecule has 1 fully saturated rings. The van der Waals surface area contributed by atoms with Crippen LogP contribution < -0.4 is 5.32 Å². The van der Waals surface area contributed by atoms with Gasteiger partial charge in [-0.2, -0.15) is 0 Å². The van der Waals surface area contributed by atoms with Crippen LogP contribution in [0.4, 0.5) is 4.39 Å². The summed E-state index contributed by atoms with van der Waals surface area (Å²) in [5, 5.41) is 2.66. The molecule has 16 heavy (non-hydrogen) atoms. The van der Waals surface area contributed by atoms with E-state index in [-0.39, 0.29) is 17.6 Å². The summed E-state index contributed by atoms with van der Waals surface area (Å²) < 4.78 is 13.7. The number of carbonyl (C=O) groups excluding carboxylic acids is 2. The van der Waals surface area contributed by atoms with E-state index in [1.807, 2.05) is 0 Å². The Hall–Kier alpha value is -1.71. The predicted molar refractivity (Wildman–Crippen MR) is 56.8 cm³/mol. The molecule has 0 aliphatic carbocycles. The summed E-state index contributed by atoms with van der Waals surface area (Å²) in [6.45, 7) is 1.87. The van der Waals surface area contributed by atoms with Crippen LogP contribution in [0.3, 0.4) is 0 Å². The quantitative estimate of drug-likeness (QED) is 0.771. The van der Waals surface area contributed by atoms with E-state index in [1.54, 1.807) is 12.1 Å². The van der Waals surface area contributed by atoms with Gasteiger partial charge in [-0.15, -0.1) is 0 Å². The van der Waals surface area contributed by atoms with Gasteiger partial charge in [0.25, 0.3) is 0 Å². The highest BCUT2D eigenvalue weighted by molar-refractivity contribution is 5.94. The highest BCUT2D eigenvalue weighted by Crippen LogP contribution is 2.26. The third-order valence-corrected chi connectivity index (χ3v) is 2.82. The van der Waals surface area contributed by atoms with Gasteiger partial charge in [0, 0.05) is 24.4 Å². The highest BCUT2D eigenvalue weighted by atomic mass is 19.1. The van der Waals surface area contributed by atoms with Gasteiger partial charge in [0.15, 0.2) is 5.78 Å². The molecule has 0 radical (unpaired) electrons. The van der Waals surface area contributed by atoms with Gasteiger partial charge in [-0.05, 0) is 18.6 Å². The van der Waals surface area contributed by atoms with Crippen LogP contribution in [0.2, 0.25) is 0 Å². The maximum absolute atomic E-state index is 13.7. The highest BCUT2D eigenvalue weighted by Gasteiger charge is 2.25. The van der Waals surface area contributed by atoms with Crippen LogP contribution in [0.15, 0.2) is 18.2 Å². The maximum Gasteiger partial charge on any atom is 0.220 e. The van der Waals surface area contributed by atoms with E-state index in [1.165, 1.54) is 13.0 Å². The minimum Gasteiger partial charge on any atom is -0.355 e. The van der Waals surface area contributed by atoms with Crippen molar-refractivity contribution in [1.82, 2.24) is 5.32 Å². The van der Waals surface area contributed by atoms with Gasteiger partial charge in [-0.1, -0.05) is 12.1 Å². The number of ketones is 1. The summed E-state index contributed by atoms with van der Waals surface area (Å²) in [6.07, 6.45) is 0.316. The number of carbonyl (C=O) groups is 2. The fourth-order valence-electron chi connectivity index (χ4n) is 1.90. The van der Waals surface area contributed by atoms with E-state index >= 15 is 0 Å². The largest absolute Gasteiger partial charge is 0.355 e. The first-order valence-electron chi connectivity index (χ1n) is 5.15. The molecule has 1 atom stereocenters. The molecule has 84 valence electrons. The Labute approximate surface area is 92.7 Å². The van der Waals surface area contributed by atoms with Crippen molar-refractivity contribution in [3.05, 3.63) is 35.1 Å². The molecular weight excluding hydrogens is 209 g/mol. The molecule has 0 unspecified atom stereocenters. The second-order valence-corrected chi connectivity index (χ2v) is 4.00. The summed E-state index contributed by atoms with van der Waals surface area (Å²) in [7, 11) is 0. The lowest BCUT2D eigenvalue weighted by molar-refractivity contribution is -0.119. The summed E-state index contributed by atoms with van der Waals surface area (Å²) in [6, 6.07) is 4.43. The minimum absolute atomic E-state index is 0.0555. The van der Waals surface area contributed by atoms with E-state index in [9.17, 15) is 14.0 Å². The van der Waals surface area contributed by atoms with Crippen LogP contribution in [0.25, 0.3) is 0 Å². The van der Waals surface area contributed by atoms with Gasteiger partial charge in [-0.25, -0.2) is 4.39 Å². The van der Waals surface area contributed by atoms with E-state index in [2.05, 4.69) is 5.32 Å². The Morgan fingerprint density at radius 3 is 2.75 bits per heavy atom. The van der Waals surface area contributed by atoms with Crippen LogP contribution in [-0.2, 0) is 4.79 Å². The number of nitrogens with one attached hydrogen (secondary N) is 1. The van der Waals surface area contributed by atoms with Crippen molar-refractivity contribution >= 4 is 11.7 Å². The molecule has 1 amide bonds. The van der Waals surface area contributed by atoms with Crippen molar-refractivity contribution in [3.8, 4) is 0 Å². The molecule has 0 bridgehead atoms. The lowest BCUT2D eigenvalue weighted by Gasteiger charge is -2.09. The summed E-state index contributed by atoms with van der Waals surface area (Å²) in [5.74, 6) is -0.742. The van der Waals surface area contributed by atoms with Gasteiger partial charge in [0.05, 0.1) is 0 Å². The predicted octanol–water partition coefficient (Wildman–Crippen LogP) is 1.63. The zero-order valence-corrected chi connectivity index (χ0v) is 8.92. The Morgan fingerprint density at radius 2 is 2.25 bits per heavy atom. The average molecular weight is 221 g/mol. The van der Waals surface area contributed by atoms with Crippen LogP contribution in [0.5, 0.6) is 0 Å². The number of halogens is 1. The van der Waals surface area contributed by atoms with Crippen LogP contribution in [0.1, 0.15) is 35.2 Å². The first-order valence-corrected chi connectivity index (χ1v) is 5.15. The van der Waals surface area contributed by atoms with Crippen molar-refractivity contribution in [2.75, 3.05) is 6.54 Å². The van der Waals surface area contributed by atoms with Gasteiger partial charge < -0.3 is 5.32 Å². The Kier molecular flexibility index (Phi) is 2.73. The molecule has 1 aliphatic heterocycles. The van der Waals surface area contributed by atoms with Gasteiger partial charge >= 0.3 is 0 Å². The average Bonchev–Trinajstić information content (AvgIpc) is 2.64. The lowest BCUT2D eigenvalue weighted by atomic mass is 9.96. The normalized spacial score (nSPS) is 19.6. The molecule has 1 heterocycles. The molecule has 1 aromatic rings. The topological polar surface area (TPSA) is 46.2 Å². The molecule has 1 aliphatic rings. The Morgan fingerprint density at radius 1 is 1.50 bits per heavy atom. The van der Waals surface area contributed by atoms with Crippen molar-refractivity contribution in [2.24, 2.45) is 0 Å². The monoisotopic (exact) mass is 221 g/mol. The SMILES string of the molecule is CC(=O)c1ccc([C@@H]2CNC(=O)C2)c(F)c1. The number of amides is 1. The van der Waals surface area contributed by atoms with Crippen molar-refractivity contribution in [2.45, 2.75) is 19.3 Å². The Balaban J connectivity index is 2.29. The van der Waals surface area contributed by atoms with E-state index in [4.69, 9.17) is 0 Å². The molecular formula is C12H12FNO2. The fourth-order valence-corrected chi connectivity index (χ4v) is 1.90. The zero-order chi connectivity index (χ0) is 11.7. The third kappa shape index (κ3) is 1.96. The Bertz CT molecular complexity index is 456. The first kappa shape index (κ1) is 10.8. The second kappa shape index (κ2) is 4.04. The van der Waals surface area contributed by atoms with Crippen LogP contribution in [-0.4, -0.2) is 18.2 Å². The van der Waals surface area contributed by atoms with Gasteiger partial charge in [0.1, 0.15) is 5.82 Å². The molecule has 1 aromatic carbocycles. The summed E-state index contributed by atoms with van der Waals surface area (Å²) >= 11 is 0. The molecule has 0 saturated carbocycles. The first-order chi connectivity index (χ1) is 7.58. The smallest absolute Gasteiger partial charge is 0.220 e. The third-order valence-electron chi connectivity index (χ3n) is 2.82. The van der Waals surface area contributed by atoms with E-state index in [0.29, 0.717) is 24.1 Å². The number of hydrogen-bond acceptors (Lipinski definition) is 2. The summed E-state index contributed by atoms with van der Waals surface area (Å²) in [5.41, 5.74) is 0.863. The van der Waals surface area contributed by atoms with Gasteiger partial charge in [-0.3, -0.25) is 9.59 Å². The number of rotatable bonds is 2. The van der Waals surface area contributed by atoms with Gasteiger partial charge in [0.2, 0.25) is 5.91 Å². The van der Waals surface area contributed by atoms with Crippen molar-refractivity contribution < 1.29 is 14.0 Å². The zero-order valence-electron chi connectivity index (χ0n) is 8.92. The van der Waals surface area contributed by atoms with Crippen LogP contribution >= 0.6 is 0 Å². The molecule has 1 saturated heterocycles. The molecule has 0 spiro atoms. The second-order valence-electron chi connectivity index (χ2n) is 4.00. The lowest BCUT2D eigenvalue weighted by Crippen LogP contribution is -2.13. The number of benzene rings is 1. The number of Topliss-reactive ketones (excluding diaryl/α,β-unsaturated/α-hetero) is 1. The number of hydrogen-bond donors (Lipinski definition) is 1. The van der Waals surface area contributed by atoms with E-state index < -0.39 is 5.82 Å². The molecule has 1 N–H and O–H groups in total. The maximum atomic E-state index is 13.7.